The summed E-state index contributed by atoms with van der Waals surface area (Å²) in [6.07, 6.45) is -9.52. The third-order valence-electron chi connectivity index (χ3n) is 4.83. The first-order valence-corrected chi connectivity index (χ1v) is 10.5. The molecule has 0 unspecified atom stereocenters. The first kappa shape index (κ1) is 23.5. The number of rotatable bonds is 5. The summed E-state index contributed by atoms with van der Waals surface area (Å²) in [5.41, 5.74) is -2.87. The number of nitrogens with zero attached hydrogens (tertiary/aromatic N) is 2. The Balaban J connectivity index is 1.56. The molecular weight excluding hydrogens is 486 g/mol. The van der Waals surface area contributed by atoms with Crippen molar-refractivity contribution in [1.29, 1.82) is 0 Å². The standard InChI is InChI=1S/C21H14F6N4O2S/c22-20(23,24)12-5-3-11(4-6-12)8-15(32)28-10-13-9-16(33)31-19(29-13)17(14-2-1-7-34-14)18(30-31)21(25,26)27/h1-7,9,29H,8,10H2,(H,28,32). The highest BCUT2D eigenvalue weighted by Crippen LogP contribution is 2.39. The second-order valence-electron chi connectivity index (χ2n) is 7.24. The summed E-state index contributed by atoms with van der Waals surface area (Å²) >= 11 is 1.04. The Morgan fingerprint density at radius 2 is 1.76 bits per heavy atom. The van der Waals surface area contributed by atoms with Crippen molar-refractivity contribution in [2.24, 2.45) is 0 Å². The summed E-state index contributed by atoms with van der Waals surface area (Å²) in [6.45, 7) is -0.221. The maximum atomic E-state index is 13.6. The van der Waals surface area contributed by atoms with Crippen LogP contribution in [0.1, 0.15) is 22.5 Å². The van der Waals surface area contributed by atoms with Crippen LogP contribution in [0.5, 0.6) is 0 Å². The maximum absolute atomic E-state index is 13.6. The smallest absolute Gasteiger partial charge is 0.350 e. The maximum Gasteiger partial charge on any atom is 0.435 e. The van der Waals surface area contributed by atoms with Crippen LogP contribution >= 0.6 is 11.3 Å². The molecule has 6 nitrogen and oxygen atoms in total. The largest absolute Gasteiger partial charge is 0.435 e. The molecule has 0 radical (unpaired) electrons. The lowest BCUT2D eigenvalue weighted by Crippen LogP contribution is -2.26. The zero-order valence-corrected chi connectivity index (χ0v) is 17.7. The molecule has 3 heterocycles. The minimum atomic E-state index is -4.80. The Kier molecular flexibility index (Phi) is 5.98. The first-order chi connectivity index (χ1) is 15.9. The second-order valence-corrected chi connectivity index (χ2v) is 8.19. The molecule has 2 N–H and O–H groups in total. The second kappa shape index (κ2) is 8.63. The summed E-state index contributed by atoms with van der Waals surface area (Å²) in [5.74, 6) is -0.552. The van der Waals surface area contributed by atoms with Crippen LogP contribution < -0.4 is 10.9 Å². The fourth-order valence-corrected chi connectivity index (χ4v) is 4.06. The molecule has 1 amide bonds. The van der Waals surface area contributed by atoms with E-state index in [-0.39, 0.29) is 34.7 Å². The number of aromatic amines is 1. The van der Waals surface area contributed by atoms with Crippen LogP contribution in [-0.2, 0) is 30.1 Å². The van der Waals surface area contributed by atoms with E-state index in [4.69, 9.17) is 0 Å². The Morgan fingerprint density at radius 3 is 2.35 bits per heavy atom. The van der Waals surface area contributed by atoms with E-state index in [1.54, 1.807) is 11.4 Å². The van der Waals surface area contributed by atoms with E-state index < -0.39 is 35.1 Å². The molecule has 13 heteroatoms. The highest BCUT2D eigenvalue weighted by atomic mass is 32.1. The number of carbonyl (C=O) groups is 1. The van der Waals surface area contributed by atoms with Gasteiger partial charge in [0, 0.05) is 16.6 Å². The van der Waals surface area contributed by atoms with Crippen LogP contribution in [0.25, 0.3) is 16.1 Å². The van der Waals surface area contributed by atoms with Gasteiger partial charge in [0.15, 0.2) is 5.69 Å². The lowest BCUT2D eigenvalue weighted by molar-refractivity contribution is -0.141. The van der Waals surface area contributed by atoms with Crippen molar-refractivity contribution in [2.45, 2.75) is 25.3 Å². The number of benzene rings is 1. The molecule has 0 saturated heterocycles. The third-order valence-corrected chi connectivity index (χ3v) is 5.72. The van der Waals surface area contributed by atoms with Gasteiger partial charge >= 0.3 is 12.4 Å². The highest BCUT2D eigenvalue weighted by molar-refractivity contribution is 7.13. The average molecular weight is 500 g/mol. The fraction of sp³-hybridized carbons (Fsp3) is 0.190. The van der Waals surface area contributed by atoms with Crippen LogP contribution in [0.2, 0.25) is 0 Å². The van der Waals surface area contributed by atoms with Crippen LogP contribution in [0.4, 0.5) is 26.3 Å². The molecule has 0 spiro atoms. The molecule has 0 aliphatic rings. The number of amides is 1. The van der Waals surface area contributed by atoms with Crippen LogP contribution in [-0.4, -0.2) is 20.5 Å². The van der Waals surface area contributed by atoms with Crippen molar-refractivity contribution < 1.29 is 31.1 Å². The van der Waals surface area contributed by atoms with Gasteiger partial charge < -0.3 is 10.3 Å². The van der Waals surface area contributed by atoms with Gasteiger partial charge in [-0.25, -0.2) is 0 Å². The van der Waals surface area contributed by atoms with Crippen molar-refractivity contribution in [3.8, 4) is 10.4 Å². The zero-order valence-electron chi connectivity index (χ0n) is 16.9. The molecule has 4 rings (SSSR count). The van der Waals surface area contributed by atoms with Crippen LogP contribution in [0, 0.1) is 0 Å². The van der Waals surface area contributed by atoms with Crippen molar-refractivity contribution in [1.82, 2.24) is 19.9 Å². The van der Waals surface area contributed by atoms with E-state index in [0.717, 1.165) is 29.5 Å². The summed E-state index contributed by atoms with van der Waals surface area (Å²) in [4.78, 5) is 27.6. The lowest BCUT2D eigenvalue weighted by atomic mass is 10.1. The van der Waals surface area contributed by atoms with E-state index >= 15 is 0 Å². The molecule has 0 bridgehead atoms. The van der Waals surface area contributed by atoms with Gasteiger partial charge in [-0.15, -0.1) is 11.3 Å². The molecule has 34 heavy (non-hydrogen) atoms. The Bertz CT molecular complexity index is 1390. The molecule has 0 aliphatic carbocycles. The molecule has 0 atom stereocenters. The number of halogens is 6. The van der Waals surface area contributed by atoms with E-state index in [1.165, 1.54) is 18.2 Å². The number of carbonyl (C=O) groups excluding carboxylic acids is 1. The topological polar surface area (TPSA) is 79.3 Å². The first-order valence-electron chi connectivity index (χ1n) is 9.62. The minimum Gasteiger partial charge on any atom is -0.350 e. The quantitative estimate of drug-likeness (QED) is 0.392. The zero-order chi connectivity index (χ0) is 24.7. The number of alkyl halides is 6. The molecule has 0 fully saturated rings. The van der Waals surface area contributed by atoms with E-state index in [2.05, 4.69) is 15.4 Å². The predicted octanol–water partition coefficient (Wildman–Crippen LogP) is 4.65. The number of nitrogens with one attached hydrogen (secondary N) is 2. The number of aromatic nitrogens is 3. The SMILES string of the molecule is O=C(Cc1ccc(C(F)(F)F)cc1)NCc1cc(=O)n2nc(C(F)(F)F)c(-c3cccs3)c2[nH]1. The van der Waals surface area contributed by atoms with Crippen LogP contribution in [0.3, 0.4) is 0 Å². The molecule has 3 aromatic heterocycles. The number of fused-ring (bicyclic) bond motifs is 1. The summed E-state index contributed by atoms with van der Waals surface area (Å²) < 4.78 is 79.2. The number of thiophene rings is 1. The molecule has 0 saturated carbocycles. The van der Waals surface area contributed by atoms with Gasteiger partial charge in [-0.3, -0.25) is 9.59 Å². The van der Waals surface area contributed by atoms with Crippen molar-refractivity contribution in [3.05, 3.63) is 80.7 Å². The summed E-state index contributed by atoms with van der Waals surface area (Å²) in [5, 5.41) is 7.52. The van der Waals surface area contributed by atoms with E-state index in [9.17, 15) is 35.9 Å². The van der Waals surface area contributed by atoms with Crippen molar-refractivity contribution >= 4 is 22.9 Å². The minimum absolute atomic E-state index is 0.129. The van der Waals surface area contributed by atoms with Crippen molar-refractivity contribution in [2.75, 3.05) is 0 Å². The molecule has 4 aromatic rings. The van der Waals surface area contributed by atoms with Gasteiger partial charge in [-0.2, -0.15) is 36.0 Å². The monoisotopic (exact) mass is 500 g/mol. The Labute approximate surface area is 190 Å². The van der Waals surface area contributed by atoms with Gasteiger partial charge in [0.2, 0.25) is 5.91 Å². The Morgan fingerprint density at radius 1 is 1.06 bits per heavy atom. The van der Waals surface area contributed by atoms with Gasteiger partial charge in [0.05, 0.1) is 24.1 Å². The van der Waals surface area contributed by atoms with Crippen LogP contribution in [0.15, 0.2) is 52.6 Å². The predicted molar refractivity (Wildman–Crippen MR) is 111 cm³/mol. The number of hydrogen-bond donors (Lipinski definition) is 2. The fourth-order valence-electron chi connectivity index (χ4n) is 3.29. The molecule has 0 aliphatic heterocycles. The highest BCUT2D eigenvalue weighted by Gasteiger charge is 2.39. The molecule has 1 aromatic carbocycles. The molecular formula is C21H14F6N4O2S. The van der Waals surface area contributed by atoms with Gasteiger partial charge in [-0.05, 0) is 29.1 Å². The van der Waals surface area contributed by atoms with Crippen molar-refractivity contribution in [3.63, 3.8) is 0 Å². The average Bonchev–Trinajstić information content (AvgIpc) is 3.39. The Hall–Kier alpha value is -3.61. The van der Waals surface area contributed by atoms with Gasteiger partial charge in [0.1, 0.15) is 5.65 Å². The molecule has 178 valence electrons. The lowest BCUT2D eigenvalue weighted by Gasteiger charge is -2.09. The third kappa shape index (κ3) is 4.83. The van der Waals surface area contributed by atoms with Gasteiger partial charge in [0.25, 0.3) is 5.56 Å². The number of H-pyrrole nitrogens is 1. The van der Waals surface area contributed by atoms with Gasteiger partial charge in [-0.1, -0.05) is 18.2 Å². The summed E-state index contributed by atoms with van der Waals surface area (Å²) in [6, 6.07) is 8.11. The number of hydrogen-bond acceptors (Lipinski definition) is 4. The van der Waals surface area contributed by atoms with E-state index in [1.807, 2.05) is 0 Å². The normalized spacial score (nSPS) is 12.3. The van der Waals surface area contributed by atoms with E-state index in [0.29, 0.717) is 10.1 Å². The summed E-state index contributed by atoms with van der Waals surface area (Å²) in [7, 11) is 0.